The monoisotopic (exact) mass is 294 g/mol. The second kappa shape index (κ2) is 5.64. The first-order valence-corrected chi connectivity index (χ1v) is 6.47. The van der Waals surface area contributed by atoms with Crippen LogP contribution in [0.4, 0.5) is 0 Å². The second-order valence-corrected chi connectivity index (χ2v) is 5.09. The van der Waals surface area contributed by atoms with Crippen molar-refractivity contribution in [1.29, 1.82) is 0 Å². The van der Waals surface area contributed by atoms with Crippen molar-refractivity contribution in [3.8, 4) is 11.5 Å². The number of para-hydroxylation sites is 1. The van der Waals surface area contributed by atoms with Crippen LogP contribution < -0.4 is 4.74 Å². The van der Waals surface area contributed by atoms with Crippen molar-refractivity contribution >= 4 is 29.5 Å². The van der Waals surface area contributed by atoms with E-state index >= 15 is 0 Å². The summed E-state index contributed by atoms with van der Waals surface area (Å²) in [5.41, 5.74) is 2.20. The normalized spacial score (nSPS) is 10.3. The van der Waals surface area contributed by atoms with Crippen molar-refractivity contribution in [3.63, 3.8) is 0 Å². The van der Waals surface area contributed by atoms with Gasteiger partial charge in [-0.1, -0.05) is 29.3 Å². The fourth-order valence-electron chi connectivity index (χ4n) is 1.89. The molecule has 0 aliphatic heterocycles. The first-order chi connectivity index (χ1) is 9.02. The van der Waals surface area contributed by atoms with E-state index < -0.39 is 0 Å². The van der Waals surface area contributed by atoms with Crippen LogP contribution in [-0.4, -0.2) is 6.29 Å². The van der Waals surface area contributed by atoms with Crippen LogP contribution in [0.25, 0.3) is 0 Å². The molecule has 0 amide bonds. The maximum atomic E-state index is 11.0. The zero-order chi connectivity index (χ0) is 14.0. The molecular formula is C15H12Cl2O2. The lowest BCUT2D eigenvalue weighted by Crippen LogP contribution is -1.95. The van der Waals surface area contributed by atoms with E-state index in [1.807, 2.05) is 13.8 Å². The van der Waals surface area contributed by atoms with Crippen molar-refractivity contribution < 1.29 is 9.53 Å². The Balaban J connectivity index is 2.50. The van der Waals surface area contributed by atoms with E-state index in [4.69, 9.17) is 27.9 Å². The molecule has 0 fully saturated rings. The lowest BCUT2D eigenvalue weighted by molar-refractivity contribution is 0.112. The minimum absolute atomic E-state index is 0.368. The molecule has 0 bridgehead atoms. The second-order valence-electron chi connectivity index (χ2n) is 4.25. The molecule has 0 spiro atoms. The molecule has 2 aromatic rings. The average molecular weight is 295 g/mol. The van der Waals surface area contributed by atoms with Crippen LogP contribution in [0.5, 0.6) is 11.5 Å². The number of aryl methyl sites for hydroxylation is 2. The summed E-state index contributed by atoms with van der Waals surface area (Å²) in [6.45, 7) is 3.79. The molecule has 0 aromatic heterocycles. The van der Waals surface area contributed by atoms with E-state index in [1.165, 1.54) is 0 Å². The van der Waals surface area contributed by atoms with E-state index in [-0.39, 0.29) is 0 Å². The zero-order valence-electron chi connectivity index (χ0n) is 10.5. The van der Waals surface area contributed by atoms with E-state index in [9.17, 15) is 4.79 Å². The molecule has 0 aliphatic carbocycles. The van der Waals surface area contributed by atoms with Crippen molar-refractivity contribution in [1.82, 2.24) is 0 Å². The molecule has 0 saturated carbocycles. The standard InChI is InChI=1S/C15H12Cl2O2/c1-9-6-12(16)7-10(2)14(9)19-15-11(8-18)4-3-5-13(15)17/h3-8H,1-2H3. The highest BCUT2D eigenvalue weighted by Crippen LogP contribution is 2.36. The Morgan fingerprint density at radius 3 is 2.26 bits per heavy atom. The van der Waals surface area contributed by atoms with E-state index in [0.29, 0.717) is 27.1 Å². The predicted octanol–water partition coefficient (Wildman–Crippen LogP) is 5.22. The van der Waals surface area contributed by atoms with Crippen LogP contribution in [0.2, 0.25) is 10.0 Å². The third kappa shape index (κ3) is 2.91. The van der Waals surface area contributed by atoms with Crippen molar-refractivity contribution in [3.05, 3.63) is 57.1 Å². The average Bonchev–Trinajstić information content (AvgIpc) is 2.34. The van der Waals surface area contributed by atoms with Gasteiger partial charge >= 0.3 is 0 Å². The maximum Gasteiger partial charge on any atom is 0.156 e. The molecule has 2 nitrogen and oxygen atoms in total. The third-order valence-corrected chi connectivity index (χ3v) is 3.27. The van der Waals surface area contributed by atoms with Gasteiger partial charge in [-0.15, -0.1) is 0 Å². The molecule has 4 heteroatoms. The molecular weight excluding hydrogens is 283 g/mol. The first-order valence-electron chi connectivity index (χ1n) is 5.71. The summed E-state index contributed by atoms with van der Waals surface area (Å²) in [5.74, 6) is 1.04. The molecule has 19 heavy (non-hydrogen) atoms. The Morgan fingerprint density at radius 2 is 1.68 bits per heavy atom. The van der Waals surface area contributed by atoms with Gasteiger partial charge in [0.05, 0.1) is 10.6 Å². The van der Waals surface area contributed by atoms with Crippen LogP contribution in [-0.2, 0) is 0 Å². The molecule has 2 aromatic carbocycles. The van der Waals surface area contributed by atoms with Gasteiger partial charge < -0.3 is 4.74 Å². The predicted molar refractivity (Wildman–Crippen MR) is 77.8 cm³/mol. The Morgan fingerprint density at radius 1 is 1.05 bits per heavy atom. The summed E-state index contributed by atoms with van der Waals surface area (Å²) >= 11 is 12.1. The largest absolute Gasteiger partial charge is 0.454 e. The Hall–Kier alpha value is -1.51. The number of carbonyl (C=O) groups excluding carboxylic acids is 1. The van der Waals surface area contributed by atoms with Crippen LogP contribution in [0.1, 0.15) is 21.5 Å². The minimum Gasteiger partial charge on any atom is -0.454 e. The van der Waals surface area contributed by atoms with Gasteiger partial charge in [-0.2, -0.15) is 0 Å². The SMILES string of the molecule is Cc1cc(Cl)cc(C)c1Oc1c(Cl)cccc1C=O. The van der Waals surface area contributed by atoms with Gasteiger partial charge in [0.1, 0.15) is 5.75 Å². The van der Waals surface area contributed by atoms with Crippen molar-refractivity contribution in [2.45, 2.75) is 13.8 Å². The summed E-state index contributed by atoms with van der Waals surface area (Å²) in [6.07, 6.45) is 0.724. The number of rotatable bonds is 3. The van der Waals surface area contributed by atoms with Gasteiger partial charge in [-0.25, -0.2) is 0 Å². The Bertz CT molecular complexity index is 613. The summed E-state index contributed by atoms with van der Waals surface area (Å²) < 4.78 is 5.83. The fraction of sp³-hybridized carbons (Fsp3) is 0.133. The number of halogens is 2. The molecule has 0 radical (unpaired) electrons. The van der Waals surface area contributed by atoms with Gasteiger partial charge in [-0.05, 0) is 49.2 Å². The minimum atomic E-state index is 0.368. The smallest absolute Gasteiger partial charge is 0.156 e. The number of hydrogen-bond donors (Lipinski definition) is 0. The summed E-state index contributed by atoms with van der Waals surface area (Å²) in [6, 6.07) is 8.67. The number of ether oxygens (including phenoxy) is 1. The molecule has 0 atom stereocenters. The quantitative estimate of drug-likeness (QED) is 0.726. The number of aldehydes is 1. The summed E-state index contributed by atoms with van der Waals surface area (Å²) in [7, 11) is 0. The van der Waals surface area contributed by atoms with E-state index in [0.717, 1.165) is 17.4 Å². The van der Waals surface area contributed by atoms with E-state index in [1.54, 1.807) is 30.3 Å². The van der Waals surface area contributed by atoms with Crippen LogP contribution in [0.15, 0.2) is 30.3 Å². The molecule has 0 aliphatic rings. The molecule has 0 saturated heterocycles. The topological polar surface area (TPSA) is 26.3 Å². The molecule has 0 N–H and O–H groups in total. The van der Waals surface area contributed by atoms with Crippen LogP contribution >= 0.6 is 23.2 Å². The highest BCUT2D eigenvalue weighted by Gasteiger charge is 2.13. The van der Waals surface area contributed by atoms with Gasteiger partial charge in [0.2, 0.25) is 0 Å². The number of benzene rings is 2. The van der Waals surface area contributed by atoms with Gasteiger partial charge in [0.25, 0.3) is 0 Å². The number of carbonyl (C=O) groups is 1. The molecule has 2 rings (SSSR count). The lowest BCUT2D eigenvalue weighted by atomic mass is 10.1. The van der Waals surface area contributed by atoms with Gasteiger partial charge in [-0.3, -0.25) is 4.79 Å². The van der Waals surface area contributed by atoms with Gasteiger partial charge in [0.15, 0.2) is 12.0 Å². The highest BCUT2D eigenvalue weighted by molar-refractivity contribution is 6.32. The molecule has 98 valence electrons. The zero-order valence-corrected chi connectivity index (χ0v) is 12.0. The number of hydrogen-bond acceptors (Lipinski definition) is 2. The third-order valence-electron chi connectivity index (χ3n) is 2.75. The maximum absolute atomic E-state index is 11.0. The lowest BCUT2D eigenvalue weighted by Gasteiger charge is -2.14. The van der Waals surface area contributed by atoms with Crippen molar-refractivity contribution in [2.24, 2.45) is 0 Å². The highest BCUT2D eigenvalue weighted by atomic mass is 35.5. The van der Waals surface area contributed by atoms with E-state index in [2.05, 4.69) is 0 Å². The fourth-order valence-corrected chi connectivity index (χ4v) is 2.43. The molecule has 0 unspecified atom stereocenters. The van der Waals surface area contributed by atoms with Crippen molar-refractivity contribution in [2.75, 3.05) is 0 Å². The van der Waals surface area contributed by atoms with Crippen LogP contribution in [0, 0.1) is 13.8 Å². The Kier molecular flexibility index (Phi) is 4.13. The summed E-state index contributed by atoms with van der Waals surface area (Å²) in [4.78, 5) is 11.0. The Labute approximate surface area is 121 Å². The molecule has 0 heterocycles. The summed E-state index contributed by atoms with van der Waals surface area (Å²) in [5, 5.41) is 1.05. The van der Waals surface area contributed by atoms with Crippen LogP contribution in [0.3, 0.4) is 0 Å². The first kappa shape index (κ1) is 13.9. The van der Waals surface area contributed by atoms with Gasteiger partial charge in [0, 0.05) is 5.02 Å².